The van der Waals surface area contributed by atoms with Crippen LogP contribution in [0.2, 0.25) is 0 Å². The lowest BCUT2D eigenvalue weighted by Gasteiger charge is -2.18. The van der Waals surface area contributed by atoms with Gasteiger partial charge in [0.1, 0.15) is 0 Å². The van der Waals surface area contributed by atoms with Gasteiger partial charge in [-0.1, -0.05) is 35.8 Å². The largest absolute Gasteiger partial charge is 0.348 e. The van der Waals surface area contributed by atoms with Gasteiger partial charge in [0.15, 0.2) is 0 Å². The summed E-state index contributed by atoms with van der Waals surface area (Å²) >= 11 is 3.46. The highest BCUT2D eigenvalue weighted by molar-refractivity contribution is 9.09. The average molecular weight is 335 g/mol. The topological polar surface area (TPSA) is 42.0 Å². The van der Waals surface area contributed by atoms with Gasteiger partial charge in [-0.25, -0.2) is 0 Å². The average Bonchev–Trinajstić information content (AvgIpc) is 2.45. The minimum atomic E-state index is -0.0270. The molecule has 2 aromatic rings. The van der Waals surface area contributed by atoms with Crippen LogP contribution in [0.3, 0.4) is 0 Å². The van der Waals surface area contributed by atoms with Gasteiger partial charge in [-0.2, -0.15) is 0 Å². The van der Waals surface area contributed by atoms with Crippen LogP contribution in [0.15, 0.2) is 36.5 Å². The number of alkyl halides is 1. The molecule has 0 bridgehead atoms. The maximum atomic E-state index is 12.3. The molecule has 0 saturated heterocycles. The summed E-state index contributed by atoms with van der Waals surface area (Å²) in [5.41, 5.74) is 1.59. The molecule has 0 spiro atoms. The van der Waals surface area contributed by atoms with E-state index in [1.807, 2.05) is 30.3 Å². The molecule has 2 rings (SSSR count). The van der Waals surface area contributed by atoms with Crippen LogP contribution in [-0.2, 0) is 0 Å². The molecule has 1 N–H and O–H groups in total. The molecule has 3 nitrogen and oxygen atoms in total. The normalized spacial score (nSPS) is 12.6. The fraction of sp³-hybridized carbons (Fsp3) is 0.375. The second kappa shape index (κ2) is 6.84. The molecule has 0 aliphatic heterocycles. The van der Waals surface area contributed by atoms with Crippen molar-refractivity contribution in [1.82, 2.24) is 10.3 Å². The van der Waals surface area contributed by atoms with Crippen LogP contribution in [-0.4, -0.2) is 22.3 Å². The SMILES string of the molecule is CC(C)CC(CBr)NC(=O)c1ccc2ncccc2c1. The van der Waals surface area contributed by atoms with Gasteiger partial charge in [0.2, 0.25) is 0 Å². The minimum Gasteiger partial charge on any atom is -0.348 e. The number of hydrogen-bond donors (Lipinski definition) is 1. The number of aromatic nitrogens is 1. The number of carbonyl (C=O) groups excluding carboxylic acids is 1. The highest BCUT2D eigenvalue weighted by Crippen LogP contribution is 2.14. The summed E-state index contributed by atoms with van der Waals surface area (Å²) in [6, 6.07) is 9.60. The first-order valence-corrected chi connectivity index (χ1v) is 7.94. The maximum absolute atomic E-state index is 12.3. The maximum Gasteiger partial charge on any atom is 0.251 e. The molecule has 0 aliphatic rings. The Morgan fingerprint density at radius 2 is 2.15 bits per heavy atom. The predicted octanol–water partition coefficient (Wildman–Crippen LogP) is 3.77. The van der Waals surface area contributed by atoms with Crippen LogP contribution in [0.5, 0.6) is 0 Å². The van der Waals surface area contributed by atoms with Crippen molar-refractivity contribution in [3.63, 3.8) is 0 Å². The first-order valence-electron chi connectivity index (χ1n) is 6.81. The highest BCUT2D eigenvalue weighted by Gasteiger charge is 2.14. The Morgan fingerprint density at radius 1 is 1.35 bits per heavy atom. The molecule has 0 saturated carbocycles. The lowest BCUT2D eigenvalue weighted by Crippen LogP contribution is -2.37. The van der Waals surface area contributed by atoms with Gasteiger partial charge in [0, 0.05) is 28.5 Å². The monoisotopic (exact) mass is 334 g/mol. The third kappa shape index (κ3) is 3.79. The molecule has 0 fully saturated rings. The zero-order valence-corrected chi connectivity index (χ0v) is 13.4. The molecule has 20 heavy (non-hydrogen) atoms. The van der Waals surface area contributed by atoms with E-state index < -0.39 is 0 Å². The molecule has 1 amide bonds. The van der Waals surface area contributed by atoms with E-state index in [9.17, 15) is 4.79 Å². The molecular weight excluding hydrogens is 316 g/mol. The van der Waals surface area contributed by atoms with Crippen LogP contribution >= 0.6 is 15.9 Å². The van der Waals surface area contributed by atoms with E-state index in [0.29, 0.717) is 11.5 Å². The Morgan fingerprint density at radius 3 is 2.85 bits per heavy atom. The second-order valence-electron chi connectivity index (χ2n) is 5.37. The first kappa shape index (κ1) is 15.0. The van der Waals surface area contributed by atoms with Gasteiger partial charge in [-0.3, -0.25) is 9.78 Å². The lowest BCUT2D eigenvalue weighted by atomic mass is 10.0. The van der Waals surface area contributed by atoms with E-state index in [1.54, 1.807) is 6.20 Å². The summed E-state index contributed by atoms with van der Waals surface area (Å²) < 4.78 is 0. The van der Waals surface area contributed by atoms with Crippen LogP contribution in [0, 0.1) is 5.92 Å². The third-order valence-corrected chi connectivity index (χ3v) is 3.92. The molecular formula is C16H19BrN2O. The molecule has 1 atom stereocenters. The van der Waals surface area contributed by atoms with E-state index in [4.69, 9.17) is 0 Å². The van der Waals surface area contributed by atoms with Gasteiger partial charge in [0.25, 0.3) is 5.91 Å². The van der Waals surface area contributed by atoms with Gasteiger partial charge >= 0.3 is 0 Å². The molecule has 1 aromatic heterocycles. The first-order chi connectivity index (χ1) is 9.60. The summed E-state index contributed by atoms with van der Waals surface area (Å²) in [4.78, 5) is 16.5. The molecule has 4 heteroatoms. The zero-order valence-electron chi connectivity index (χ0n) is 11.8. The van der Waals surface area contributed by atoms with Crippen LogP contribution in [0.1, 0.15) is 30.6 Å². The lowest BCUT2D eigenvalue weighted by molar-refractivity contribution is 0.0937. The van der Waals surface area contributed by atoms with Crippen LogP contribution in [0.25, 0.3) is 10.9 Å². The predicted molar refractivity (Wildman–Crippen MR) is 86.2 cm³/mol. The van der Waals surface area contributed by atoms with Crippen LogP contribution in [0.4, 0.5) is 0 Å². The van der Waals surface area contributed by atoms with E-state index in [-0.39, 0.29) is 11.9 Å². The van der Waals surface area contributed by atoms with Crippen molar-refractivity contribution in [3.8, 4) is 0 Å². The number of nitrogens with one attached hydrogen (secondary N) is 1. The standard InChI is InChI=1S/C16H19BrN2O/c1-11(2)8-14(10-17)19-16(20)13-5-6-15-12(9-13)4-3-7-18-15/h3-7,9,11,14H,8,10H2,1-2H3,(H,19,20). The van der Waals surface area contributed by atoms with E-state index in [1.165, 1.54) is 0 Å². The van der Waals surface area contributed by atoms with Crippen molar-refractivity contribution >= 4 is 32.7 Å². The quantitative estimate of drug-likeness (QED) is 0.845. The summed E-state index contributed by atoms with van der Waals surface area (Å²) in [6.45, 7) is 4.31. The van der Waals surface area contributed by atoms with E-state index in [0.717, 1.165) is 22.7 Å². The number of benzene rings is 1. The van der Waals surface area contributed by atoms with Crippen molar-refractivity contribution in [2.24, 2.45) is 5.92 Å². The van der Waals surface area contributed by atoms with Crippen molar-refractivity contribution in [1.29, 1.82) is 0 Å². The summed E-state index contributed by atoms with van der Waals surface area (Å²) in [7, 11) is 0. The summed E-state index contributed by atoms with van der Waals surface area (Å²) in [5.74, 6) is 0.527. The van der Waals surface area contributed by atoms with Gasteiger partial charge in [-0.05, 0) is 36.6 Å². The zero-order chi connectivity index (χ0) is 14.5. The molecule has 1 heterocycles. The molecule has 0 radical (unpaired) electrons. The number of halogens is 1. The number of nitrogens with zero attached hydrogens (tertiary/aromatic N) is 1. The van der Waals surface area contributed by atoms with E-state index in [2.05, 4.69) is 40.1 Å². The Bertz CT molecular complexity index is 598. The fourth-order valence-electron chi connectivity index (χ4n) is 2.22. The number of rotatable bonds is 5. The summed E-state index contributed by atoms with van der Waals surface area (Å²) in [6.07, 6.45) is 2.72. The molecule has 1 aromatic carbocycles. The molecule has 106 valence electrons. The Hall–Kier alpha value is -1.42. The number of hydrogen-bond acceptors (Lipinski definition) is 2. The highest BCUT2D eigenvalue weighted by atomic mass is 79.9. The van der Waals surface area contributed by atoms with Gasteiger partial charge in [0.05, 0.1) is 5.52 Å². The Labute approximate surface area is 127 Å². The Balaban J connectivity index is 2.14. The van der Waals surface area contributed by atoms with Gasteiger partial charge in [-0.15, -0.1) is 0 Å². The van der Waals surface area contributed by atoms with E-state index >= 15 is 0 Å². The number of carbonyl (C=O) groups is 1. The van der Waals surface area contributed by atoms with Crippen molar-refractivity contribution in [2.75, 3.05) is 5.33 Å². The smallest absolute Gasteiger partial charge is 0.251 e. The van der Waals surface area contributed by atoms with Crippen molar-refractivity contribution < 1.29 is 4.79 Å². The molecule has 0 aliphatic carbocycles. The van der Waals surface area contributed by atoms with Crippen LogP contribution < -0.4 is 5.32 Å². The number of fused-ring (bicyclic) bond motifs is 1. The summed E-state index contributed by atoms with van der Waals surface area (Å²) in [5, 5.41) is 4.83. The fourth-order valence-corrected chi connectivity index (χ4v) is 2.64. The third-order valence-electron chi connectivity index (χ3n) is 3.14. The molecule has 1 unspecified atom stereocenters. The minimum absolute atomic E-state index is 0.0270. The van der Waals surface area contributed by atoms with Gasteiger partial charge < -0.3 is 5.32 Å². The Kier molecular flexibility index (Phi) is 5.12. The number of pyridine rings is 1. The van der Waals surface area contributed by atoms with Crippen molar-refractivity contribution in [3.05, 3.63) is 42.1 Å². The van der Waals surface area contributed by atoms with Crippen molar-refractivity contribution in [2.45, 2.75) is 26.3 Å². The second-order valence-corrected chi connectivity index (χ2v) is 6.01. The number of amides is 1.